The normalized spacial score (nSPS) is 13.8. The number of ketones is 2. The predicted octanol–water partition coefficient (Wildman–Crippen LogP) is 8.95. The van der Waals surface area contributed by atoms with E-state index in [-0.39, 0.29) is 17.0 Å². The third-order valence-electron chi connectivity index (χ3n) is 7.91. The molecule has 0 N–H and O–H groups in total. The second-order valence-corrected chi connectivity index (χ2v) is 10.6. The molecule has 0 amide bonds. The van der Waals surface area contributed by atoms with Crippen molar-refractivity contribution in [3.63, 3.8) is 0 Å². The molecule has 0 radical (unpaired) electrons. The minimum atomic E-state index is -0.149. The molecule has 0 bridgehead atoms. The molecule has 0 spiro atoms. The van der Waals surface area contributed by atoms with Gasteiger partial charge in [-0.1, -0.05) is 136 Å². The lowest BCUT2D eigenvalue weighted by molar-refractivity contribution is -0.115. The molecule has 0 heterocycles. The number of unbranched alkanes of at least 4 members (excludes halogenated alkanes) is 7. The Morgan fingerprint density at radius 1 is 0.500 bits per heavy atom. The molecule has 0 aromatic heterocycles. The zero-order valence-electron chi connectivity index (χ0n) is 22.7. The Morgan fingerprint density at radius 2 is 0.921 bits per heavy atom. The van der Waals surface area contributed by atoms with Gasteiger partial charge >= 0.3 is 0 Å². The SMILES string of the molecule is CC1=CC(=O)C(CCCCCCCCCCC(c2ccccc2)(c2ccccc2)c2ccccc2)=CC1=O. The maximum Gasteiger partial charge on any atom is 0.182 e. The van der Waals surface area contributed by atoms with Gasteiger partial charge in [-0.15, -0.1) is 0 Å². The summed E-state index contributed by atoms with van der Waals surface area (Å²) >= 11 is 0. The monoisotopic (exact) mass is 504 g/mol. The molecule has 1 aliphatic carbocycles. The quantitative estimate of drug-likeness (QED) is 0.125. The molecule has 2 heteroatoms. The second kappa shape index (κ2) is 13.9. The summed E-state index contributed by atoms with van der Waals surface area (Å²) in [5, 5.41) is 0. The van der Waals surface area contributed by atoms with Crippen molar-refractivity contribution >= 4 is 11.6 Å². The van der Waals surface area contributed by atoms with E-state index in [0.717, 1.165) is 25.7 Å². The Hall–Kier alpha value is -3.52. The molecule has 0 saturated heterocycles. The van der Waals surface area contributed by atoms with Crippen LogP contribution in [-0.2, 0) is 15.0 Å². The summed E-state index contributed by atoms with van der Waals surface area (Å²) in [6.07, 6.45) is 14.2. The van der Waals surface area contributed by atoms with Crippen molar-refractivity contribution < 1.29 is 9.59 Å². The van der Waals surface area contributed by atoms with Crippen LogP contribution in [-0.4, -0.2) is 11.6 Å². The standard InChI is InChI=1S/C36H40O2/c1-29-27-35(38)30(28-34(29)37)19-11-6-4-2-3-5-7-18-26-36(31-20-12-8-13-21-31,32-22-14-9-15-23-32)33-24-16-10-17-25-33/h8-10,12-17,20-25,27-28H,2-7,11,18-19,26H2,1H3. The lowest BCUT2D eigenvalue weighted by atomic mass is 9.66. The lowest BCUT2D eigenvalue weighted by Crippen LogP contribution is -2.29. The van der Waals surface area contributed by atoms with Crippen molar-refractivity contribution in [2.75, 3.05) is 0 Å². The summed E-state index contributed by atoms with van der Waals surface area (Å²) < 4.78 is 0. The van der Waals surface area contributed by atoms with Gasteiger partial charge < -0.3 is 0 Å². The number of hydrogen-bond acceptors (Lipinski definition) is 2. The van der Waals surface area contributed by atoms with E-state index in [4.69, 9.17) is 0 Å². The van der Waals surface area contributed by atoms with Crippen LogP contribution in [0.2, 0.25) is 0 Å². The number of carbonyl (C=O) groups excluding carboxylic acids is 2. The number of benzene rings is 3. The Labute approximate surface area is 228 Å². The molecule has 0 unspecified atom stereocenters. The van der Waals surface area contributed by atoms with E-state index in [2.05, 4.69) is 91.0 Å². The highest BCUT2D eigenvalue weighted by molar-refractivity contribution is 6.19. The fraction of sp³-hybridized carbons (Fsp3) is 0.333. The molecular weight excluding hydrogens is 464 g/mol. The van der Waals surface area contributed by atoms with Crippen molar-refractivity contribution in [1.82, 2.24) is 0 Å². The zero-order valence-corrected chi connectivity index (χ0v) is 22.7. The number of rotatable bonds is 14. The molecule has 4 rings (SSSR count). The fourth-order valence-corrected chi connectivity index (χ4v) is 5.77. The summed E-state index contributed by atoms with van der Waals surface area (Å²) in [6, 6.07) is 33.0. The van der Waals surface area contributed by atoms with Crippen molar-refractivity contribution in [1.29, 1.82) is 0 Å². The second-order valence-electron chi connectivity index (χ2n) is 10.6. The maximum atomic E-state index is 12.1. The summed E-state index contributed by atoms with van der Waals surface area (Å²) in [7, 11) is 0. The van der Waals surface area contributed by atoms with Gasteiger partial charge in [-0.25, -0.2) is 0 Å². The van der Waals surface area contributed by atoms with Gasteiger partial charge in [-0.05, 0) is 55.0 Å². The zero-order chi connectivity index (χ0) is 26.6. The number of allylic oxidation sites excluding steroid dienone is 4. The molecule has 3 aromatic carbocycles. The first-order valence-corrected chi connectivity index (χ1v) is 14.3. The highest BCUT2D eigenvalue weighted by Crippen LogP contribution is 2.43. The molecule has 38 heavy (non-hydrogen) atoms. The molecule has 0 saturated carbocycles. The molecule has 0 atom stereocenters. The molecule has 2 nitrogen and oxygen atoms in total. The van der Waals surface area contributed by atoms with Crippen LogP contribution in [0.15, 0.2) is 114 Å². The summed E-state index contributed by atoms with van der Waals surface area (Å²) in [5.41, 5.74) is 5.15. The Balaban J connectivity index is 1.27. The van der Waals surface area contributed by atoms with Crippen molar-refractivity contribution in [2.45, 2.75) is 76.5 Å². The van der Waals surface area contributed by atoms with Gasteiger partial charge in [0.05, 0.1) is 0 Å². The number of carbonyl (C=O) groups is 2. The van der Waals surface area contributed by atoms with Crippen molar-refractivity contribution in [3.8, 4) is 0 Å². The van der Waals surface area contributed by atoms with E-state index in [9.17, 15) is 9.59 Å². The lowest BCUT2D eigenvalue weighted by Gasteiger charge is -2.36. The Morgan fingerprint density at radius 3 is 1.39 bits per heavy atom. The van der Waals surface area contributed by atoms with Gasteiger partial charge in [0.15, 0.2) is 11.6 Å². The van der Waals surface area contributed by atoms with E-state index in [1.54, 1.807) is 6.92 Å². The van der Waals surface area contributed by atoms with Gasteiger partial charge in [0, 0.05) is 16.6 Å². The van der Waals surface area contributed by atoms with Crippen LogP contribution in [0.1, 0.15) is 87.8 Å². The van der Waals surface area contributed by atoms with Crippen molar-refractivity contribution in [2.24, 2.45) is 0 Å². The molecular formula is C36H40O2. The van der Waals surface area contributed by atoms with Gasteiger partial charge in [0.25, 0.3) is 0 Å². The average Bonchev–Trinajstić information content (AvgIpc) is 2.96. The van der Waals surface area contributed by atoms with Crippen LogP contribution in [0.3, 0.4) is 0 Å². The first-order valence-electron chi connectivity index (χ1n) is 14.3. The van der Waals surface area contributed by atoms with Gasteiger partial charge in [0.2, 0.25) is 0 Å². The van der Waals surface area contributed by atoms with Crippen LogP contribution < -0.4 is 0 Å². The van der Waals surface area contributed by atoms with Crippen LogP contribution in [0.5, 0.6) is 0 Å². The van der Waals surface area contributed by atoms with E-state index in [1.807, 2.05) is 0 Å². The minimum absolute atomic E-state index is 0.0136. The van der Waals surface area contributed by atoms with Crippen LogP contribution in [0.4, 0.5) is 0 Å². The van der Waals surface area contributed by atoms with E-state index in [0.29, 0.717) is 11.1 Å². The van der Waals surface area contributed by atoms with E-state index < -0.39 is 0 Å². The first kappa shape index (κ1) is 27.5. The van der Waals surface area contributed by atoms with Gasteiger partial charge in [-0.2, -0.15) is 0 Å². The van der Waals surface area contributed by atoms with E-state index in [1.165, 1.54) is 67.4 Å². The molecule has 0 fully saturated rings. The number of hydrogen-bond donors (Lipinski definition) is 0. The molecule has 196 valence electrons. The predicted molar refractivity (Wildman–Crippen MR) is 157 cm³/mol. The topological polar surface area (TPSA) is 34.1 Å². The van der Waals surface area contributed by atoms with Crippen LogP contribution >= 0.6 is 0 Å². The summed E-state index contributed by atoms with van der Waals surface area (Å²) in [6.45, 7) is 1.71. The van der Waals surface area contributed by atoms with Crippen molar-refractivity contribution in [3.05, 3.63) is 131 Å². The average molecular weight is 505 g/mol. The van der Waals surface area contributed by atoms with Gasteiger partial charge in [0.1, 0.15) is 0 Å². The molecule has 0 aliphatic heterocycles. The summed E-state index contributed by atoms with van der Waals surface area (Å²) in [5.74, 6) is -0.00454. The third-order valence-corrected chi connectivity index (χ3v) is 7.91. The highest BCUT2D eigenvalue weighted by Gasteiger charge is 2.35. The smallest absolute Gasteiger partial charge is 0.182 e. The summed E-state index contributed by atoms with van der Waals surface area (Å²) in [4.78, 5) is 23.9. The minimum Gasteiger partial charge on any atom is -0.290 e. The Bertz CT molecular complexity index is 1140. The third kappa shape index (κ3) is 6.86. The largest absolute Gasteiger partial charge is 0.290 e. The van der Waals surface area contributed by atoms with Gasteiger partial charge in [-0.3, -0.25) is 9.59 Å². The Kier molecular flexibility index (Phi) is 10.0. The first-order chi connectivity index (χ1) is 18.6. The molecule has 3 aromatic rings. The van der Waals surface area contributed by atoms with Crippen LogP contribution in [0, 0.1) is 0 Å². The van der Waals surface area contributed by atoms with E-state index >= 15 is 0 Å². The molecule has 1 aliphatic rings. The highest BCUT2D eigenvalue weighted by atomic mass is 16.1. The fourth-order valence-electron chi connectivity index (χ4n) is 5.77. The maximum absolute atomic E-state index is 12.1. The van der Waals surface area contributed by atoms with Crippen LogP contribution in [0.25, 0.3) is 0 Å².